The summed E-state index contributed by atoms with van der Waals surface area (Å²) in [5.41, 5.74) is 2.97. The first-order valence-electron chi connectivity index (χ1n) is 8.91. The molecule has 2 aromatic rings. The quantitative estimate of drug-likeness (QED) is 0.673. The van der Waals surface area contributed by atoms with Gasteiger partial charge in [0.2, 0.25) is 0 Å². The fraction of sp³-hybridized carbons (Fsp3) is 0.350. The molecule has 0 bridgehead atoms. The van der Waals surface area contributed by atoms with Gasteiger partial charge in [0.15, 0.2) is 0 Å². The van der Waals surface area contributed by atoms with Crippen LogP contribution in [0.5, 0.6) is 0 Å². The SMILES string of the molecule is C=CCCC(NC(=O)c1cnn(-c2ccc(C)c(Cl)c2)c1C1CC1)C(=O)O. The van der Waals surface area contributed by atoms with Gasteiger partial charge in [-0.3, -0.25) is 4.79 Å². The first-order valence-corrected chi connectivity index (χ1v) is 9.29. The van der Waals surface area contributed by atoms with Crippen LogP contribution in [0, 0.1) is 6.92 Å². The molecular formula is C20H22ClN3O3. The zero-order valence-electron chi connectivity index (χ0n) is 15.1. The van der Waals surface area contributed by atoms with Gasteiger partial charge in [0, 0.05) is 10.9 Å². The van der Waals surface area contributed by atoms with Gasteiger partial charge in [0.25, 0.3) is 5.91 Å². The van der Waals surface area contributed by atoms with Crippen molar-refractivity contribution < 1.29 is 14.7 Å². The largest absolute Gasteiger partial charge is 0.480 e. The summed E-state index contributed by atoms with van der Waals surface area (Å²) in [6.07, 6.45) is 5.90. The van der Waals surface area contributed by atoms with Crippen LogP contribution in [0.15, 0.2) is 37.1 Å². The number of amides is 1. The Morgan fingerprint density at radius 1 is 1.48 bits per heavy atom. The van der Waals surface area contributed by atoms with Gasteiger partial charge in [-0.1, -0.05) is 23.7 Å². The van der Waals surface area contributed by atoms with E-state index in [1.807, 2.05) is 25.1 Å². The lowest BCUT2D eigenvalue weighted by atomic mass is 10.1. The maximum Gasteiger partial charge on any atom is 0.326 e. The maximum atomic E-state index is 12.8. The van der Waals surface area contributed by atoms with E-state index in [4.69, 9.17) is 11.6 Å². The summed E-state index contributed by atoms with van der Waals surface area (Å²) >= 11 is 6.24. The van der Waals surface area contributed by atoms with Gasteiger partial charge in [0.1, 0.15) is 6.04 Å². The number of benzene rings is 1. The molecule has 142 valence electrons. The molecular weight excluding hydrogens is 366 g/mol. The zero-order valence-corrected chi connectivity index (χ0v) is 15.9. The monoisotopic (exact) mass is 387 g/mol. The number of carboxylic acid groups (broad SMARTS) is 1. The molecule has 1 unspecified atom stereocenters. The number of carboxylic acids is 1. The number of nitrogens with zero attached hydrogens (tertiary/aromatic N) is 2. The average molecular weight is 388 g/mol. The second-order valence-electron chi connectivity index (χ2n) is 6.79. The smallest absolute Gasteiger partial charge is 0.326 e. The topological polar surface area (TPSA) is 84.2 Å². The number of hydrogen-bond donors (Lipinski definition) is 2. The lowest BCUT2D eigenvalue weighted by Crippen LogP contribution is -2.40. The molecule has 1 aliphatic carbocycles. The molecule has 1 heterocycles. The molecule has 2 N–H and O–H groups in total. The molecule has 0 spiro atoms. The Morgan fingerprint density at radius 2 is 2.22 bits per heavy atom. The Hall–Kier alpha value is -2.60. The van der Waals surface area contributed by atoms with Crippen molar-refractivity contribution in [2.75, 3.05) is 0 Å². The molecule has 7 heteroatoms. The zero-order chi connectivity index (χ0) is 19.6. The van der Waals surface area contributed by atoms with Gasteiger partial charge in [-0.15, -0.1) is 6.58 Å². The third kappa shape index (κ3) is 4.22. The number of allylic oxidation sites excluding steroid dienone is 1. The van der Waals surface area contributed by atoms with Crippen LogP contribution in [0.3, 0.4) is 0 Å². The standard InChI is InChI=1S/C20H22ClN3O3/c1-3-4-5-17(20(26)27)23-19(25)15-11-22-24(18(15)13-7-8-13)14-9-6-12(2)16(21)10-14/h3,6,9-11,13,17H,1,4-5,7-8H2,2H3,(H,23,25)(H,26,27). The van der Waals surface area contributed by atoms with Crippen LogP contribution in [0.25, 0.3) is 5.69 Å². The normalized spacial score (nSPS) is 14.6. The molecule has 0 aliphatic heterocycles. The minimum atomic E-state index is -1.06. The van der Waals surface area contributed by atoms with Crippen LogP contribution in [0.1, 0.15) is 53.2 Å². The van der Waals surface area contributed by atoms with E-state index in [2.05, 4.69) is 17.0 Å². The number of aryl methyl sites for hydroxylation is 1. The van der Waals surface area contributed by atoms with E-state index < -0.39 is 17.9 Å². The predicted molar refractivity (Wildman–Crippen MR) is 104 cm³/mol. The summed E-state index contributed by atoms with van der Waals surface area (Å²) in [5.74, 6) is -1.24. The number of hydrogen-bond acceptors (Lipinski definition) is 3. The van der Waals surface area contributed by atoms with Crippen LogP contribution >= 0.6 is 11.6 Å². The van der Waals surface area contributed by atoms with E-state index in [0.717, 1.165) is 29.8 Å². The number of halogens is 1. The van der Waals surface area contributed by atoms with E-state index in [1.165, 1.54) is 6.20 Å². The highest BCUT2D eigenvalue weighted by Crippen LogP contribution is 2.42. The van der Waals surface area contributed by atoms with Gasteiger partial charge < -0.3 is 10.4 Å². The molecule has 1 aliphatic rings. The highest BCUT2D eigenvalue weighted by Gasteiger charge is 2.34. The molecule has 1 atom stereocenters. The van der Waals surface area contributed by atoms with E-state index in [1.54, 1.807) is 10.8 Å². The second-order valence-corrected chi connectivity index (χ2v) is 7.20. The van der Waals surface area contributed by atoms with Crippen LogP contribution in [-0.4, -0.2) is 32.8 Å². The number of aliphatic carboxylic acids is 1. The molecule has 0 saturated heterocycles. The van der Waals surface area contributed by atoms with Crippen molar-refractivity contribution in [3.05, 3.63) is 58.9 Å². The minimum Gasteiger partial charge on any atom is -0.480 e. The second kappa shape index (κ2) is 7.96. The van der Waals surface area contributed by atoms with E-state index in [-0.39, 0.29) is 5.92 Å². The third-order valence-electron chi connectivity index (χ3n) is 4.68. The first-order chi connectivity index (χ1) is 12.9. The summed E-state index contributed by atoms with van der Waals surface area (Å²) < 4.78 is 1.73. The predicted octanol–water partition coefficient (Wildman–Crippen LogP) is 3.86. The molecule has 1 fully saturated rings. The van der Waals surface area contributed by atoms with Gasteiger partial charge in [-0.2, -0.15) is 5.10 Å². The number of carbonyl (C=O) groups is 2. The Kier molecular flexibility index (Phi) is 5.65. The third-order valence-corrected chi connectivity index (χ3v) is 5.09. The molecule has 1 saturated carbocycles. The highest BCUT2D eigenvalue weighted by atomic mass is 35.5. The first kappa shape index (κ1) is 19.2. The van der Waals surface area contributed by atoms with Crippen molar-refractivity contribution in [1.29, 1.82) is 0 Å². The van der Waals surface area contributed by atoms with Crippen LogP contribution in [0.4, 0.5) is 0 Å². The number of aromatic nitrogens is 2. The molecule has 1 aromatic heterocycles. The fourth-order valence-electron chi connectivity index (χ4n) is 2.98. The van der Waals surface area contributed by atoms with Crippen molar-refractivity contribution in [2.45, 2.75) is 44.6 Å². The minimum absolute atomic E-state index is 0.241. The van der Waals surface area contributed by atoms with Crippen LogP contribution in [-0.2, 0) is 4.79 Å². The number of carbonyl (C=O) groups excluding carboxylic acids is 1. The highest BCUT2D eigenvalue weighted by molar-refractivity contribution is 6.31. The Morgan fingerprint density at radius 3 is 2.81 bits per heavy atom. The van der Waals surface area contributed by atoms with Crippen molar-refractivity contribution in [3.8, 4) is 5.69 Å². The lowest BCUT2D eigenvalue weighted by Gasteiger charge is -2.14. The summed E-state index contributed by atoms with van der Waals surface area (Å²) in [7, 11) is 0. The summed E-state index contributed by atoms with van der Waals surface area (Å²) in [5, 5.41) is 17.0. The average Bonchev–Trinajstić information content (AvgIpc) is 3.38. The van der Waals surface area contributed by atoms with Gasteiger partial charge in [0.05, 0.1) is 23.1 Å². The lowest BCUT2D eigenvalue weighted by molar-refractivity contribution is -0.139. The molecule has 1 amide bonds. The Bertz CT molecular complexity index is 887. The number of nitrogens with one attached hydrogen (secondary N) is 1. The van der Waals surface area contributed by atoms with Gasteiger partial charge >= 0.3 is 5.97 Å². The fourth-order valence-corrected chi connectivity index (χ4v) is 3.15. The van der Waals surface area contributed by atoms with Crippen molar-refractivity contribution >= 4 is 23.5 Å². The molecule has 0 radical (unpaired) electrons. The van der Waals surface area contributed by atoms with Crippen LogP contribution in [0.2, 0.25) is 5.02 Å². The molecule has 1 aromatic carbocycles. The van der Waals surface area contributed by atoms with Gasteiger partial charge in [-0.25, -0.2) is 9.48 Å². The van der Waals surface area contributed by atoms with E-state index in [9.17, 15) is 14.7 Å². The van der Waals surface area contributed by atoms with Crippen molar-refractivity contribution in [3.63, 3.8) is 0 Å². The molecule has 6 nitrogen and oxygen atoms in total. The Labute approximate surface area is 162 Å². The van der Waals surface area contributed by atoms with Gasteiger partial charge in [-0.05, 0) is 50.3 Å². The number of rotatable bonds is 8. The maximum absolute atomic E-state index is 12.8. The summed E-state index contributed by atoms with van der Waals surface area (Å²) in [4.78, 5) is 24.2. The summed E-state index contributed by atoms with van der Waals surface area (Å²) in [6, 6.07) is 4.68. The molecule has 27 heavy (non-hydrogen) atoms. The Balaban J connectivity index is 1.91. The van der Waals surface area contributed by atoms with E-state index in [0.29, 0.717) is 23.4 Å². The van der Waals surface area contributed by atoms with E-state index >= 15 is 0 Å². The van der Waals surface area contributed by atoms with Crippen molar-refractivity contribution in [1.82, 2.24) is 15.1 Å². The molecule has 3 rings (SSSR count). The van der Waals surface area contributed by atoms with Crippen LogP contribution < -0.4 is 5.32 Å². The van der Waals surface area contributed by atoms with Crippen molar-refractivity contribution in [2.24, 2.45) is 0 Å². The summed E-state index contributed by atoms with van der Waals surface area (Å²) in [6.45, 7) is 5.52.